The van der Waals surface area contributed by atoms with Crippen LogP contribution in [0.25, 0.3) is 0 Å². The van der Waals surface area contributed by atoms with Crippen LogP contribution in [-0.4, -0.2) is 26.0 Å². The van der Waals surface area contributed by atoms with Crippen molar-refractivity contribution in [2.24, 2.45) is 0 Å². The zero-order chi connectivity index (χ0) is 20.5. The predicted molar refractivity (Wildman–Crippen MR) is 88.4 cm³/mol. The second-order valence-electron chi connectivity index (χ2n) is 5.21. The molecule has 5 nitrogen and oxygen atoms in total. The first-order valence-corrected chi connectivity index (χ1v) is 10.1. The van der Waals surface area contributed by atoms with Gasteiger partial charge in [-0.3, -0.25) is 4.79 Å². The van der Waals surface area contributed by atoms with Gasteiger partial charge >= 0.3 is 5.97 Å². The number of carboxylic acid groups (broad SMARTS) is 1. The Kier molecular flexibility index (Phi) is 6.60. The number of aliphatic carboxylic acids is 1. The van der Waals surface area contributed by atoms with Gasteiger partial charge in [-0.05, 0) is 22.0 Å². The molecule has 2 aromatic rings. The Morgan fingerprint density at radius 3 is 2.07 bits per heavy atom. The van der Waals surface area contributed by atoms with Crippen molar-refractivity contribution in [3.05, 3.63) is 49.9 Å². The highest BCUT2D eigenvalue weighted by atomic mass is 79.9. The average molecular weight is 494 g/mol. The maximum atomic E-state index is 13.7. The zero-order valence-electron chi connectivity index (χ0n) is 12.9. The van der Waals surface area contributed by atoms with E-state index in [0.717, 1.165) is 11.3 Å². The van der Waals surface area contributed by atoms with E-state index in [4.69, 9.17) is 5.11 Å². The monoisotopic (exact) mass is 493 g/mol. The summed E-state index contributed by atoms with van der Waals surface area (Å²) in [4.78, 5) is 9.38. The van der Waals surface area contributed by atoms with Crippen molar-refractivity contribution in [1.29, 1.82) is 0 Å². The second kappa shape index (κ2) is 8.20. The van der Waals surface area contributed by atoms with E-state index < -0.39 is 68.9 Å². The van der Waals surface area contributed by atoms with Crippen LogP contribution in [0, 0.1) is 29.1 Å². The number of sulfonamides is 1. The number of rotatable bonds is 7. The minimum Gasteiger partial charge on any atom is -0.481 e. The molecule has 27 heavy (non-hydrogen) atoms. The average Bonchev–Trinajstić information content (AvgIpc) is 3.01. The Labute approximate surface area is 162 Å². The van der Waals surface area contributed by atoms with Crippen molar-refractivity contribution in [2.75, 3.05) is 6.54 Å². The fourth-order valence-electron chi connectivity index (χ4n) is 2.13. The van der Waals surface area contributed by atoms with Crippen LogP contribution in [0.5, 0.6) is 0 Å². The number of hydrogen-bond acceptors (Lipinski definition) is 4. The van der Waals surface area contributed by atoms with Crippen LogP contribution in [-0.2, 0) is 14.8 Å². The van der Waals surface area contributed by atoms with Crippen LogP contribution in [0.1, 0.15) is 17.2 Å². The molecule has 0 aliphatic heterocycles. The van der Waals surface area contributed by atoms with Gasteiger partial charge in [0.15, 0.2) is 28.2 Å². The maximum absolute atomic E-state index is 13.7. The van der Waals surface area contributed by atoms with Crippen LogP contribution < -0.4 is 4.72 Å². The molecule has 0 radical (unpaired) electrons. The standard InChI is InChI=1S/C14H9BrF5NO4S2/c15-6-2-7(26-4-6)5(1-8(22)23)3-21-27(24,25)14-12(19)10(17)9(16)11(18)13(14)20/h2,4-5,21H,1,3H2,(H,22,23). The molecule has 0 saturated carbocycles. The summed E-state index contributed by atoms with van der Waals surface area (Å²) in [6.07, 6.45) is -0.535. The molecule has 1 heterocycles. The number of carbonyl (C=O) groups is 1. The Hall–Kier alpha value is -1.57. The molecule has 1 atom stereocenters. The van der Waals surface area contributed by atoms with Gasteiger partial charge in [-0.15, -0.1) is 11.3 Å². The molecule has 2 rings (SSSR count). The SMILES string of the molecule is O=C(O)CC(CNS(=O)(=O)c1c(F)c(F)c(F)c(F)c1F)c1cc(Br)cs1. The predicted octanol–water partition coefficient (Wildman–Crippen LogP) is 3.74. The lowest BCUT2D eigenvalue weighted by atomic mass is 10.0. The lowest BCUT2D eigenvalue weighted by molar-refractivity contribution is -0.137. The molecule has 0 saturated heterocycles. The van der Waals surface area contributed by atoms with Gasteiger partial charge < -0.3 is 5.11 Å². The molecule has 0 aliphatic carbocycles. The van der Waals surface area contributed by atoms with Crippen molar-refractivity contribution in [2.45, 2.75) is 17.2 Å². The van der Waals surface area contributed by atoms with Crippen LogP contribution in [0.2, 0.25) is 0 Å². The molecule has 1 unspecified atom stereocenters. The van der Waals surface area contributed by atoms with Crippen LogP contribution in [0.4, 0.5) is 22.0 Å². The highest BCUT2D eigenvalue weighted by Crippen LogP contribution is 2.30. The van der Waals surface area contributed by atoms with E-state index in [0.29, 0.717) is 9.35 Å². The lowest BCUT2D eigenvalue weighted by Gasteiger charge is -2.15. The Morgan fingerprint density at radius 2 is 1.63 bits per heavy atom. The first kappa shape index (κ1) is 21.7. The van der Waals surface area contributed by atoms with E-state index in [1.54, 1.807) is 10.1 Å². The van der Waals surface area contributed by atoms with E-state index in [9.17, 15) is 35.2 Å². The number of carboxylic acids is 1. The Balaban J connectivity index is 2.37. The van der Waals surface area contributed by atoms with Gasteiger partial charge in [0.1, 0.15) is 0 Å². The van der Waals surface area contributed by atoms with E-state index in [1.165, 1.54) is 6.07 Å². The number of halogens is 6. The highest BCUT2D eigenvalue weighted by molar-refractivity contribution is 9.10. The van der Waals surface area contributed by atoms with Crippen molar-refractivity contribution >= 4 is 43.3 Å². The minimum absolute atomic E-state index is 0.435. The van der Waals surface area contributed by atoms with Crippen molar-refractivity contribution < 1.29 is 40.3 Å². The molecule has 0 aliphatic rings. The summed E-state index contributed by atoms with van der Waals surface area (Å²) in [6, 6.07) is 1.52. The molecular weight excluding hydrogens is 485 g/mol. The fraction of sp³-hybridized carbons (Fsp3) is 0.214. The smallest absolute Gasteiger partial charge is 0.304 e. The van der Waals surface area contributed by atoms with Crippen molar-refractivity contribution in [3.63, 3.8) is 0 Å². The van der Waals surface area contributed by atoms with Crippen LogP contribution in [0.15, 0.2) is 20.8 Å². The normalized spacial score (nSPS) is 13.0. The highest BCUT2D eigenvalue weighted by Gasteiger charge is 2.34. The van der Waals surface area contributed by atoms with Crippen molar-refractivity contribution in [3.8, 4) is 0 Å². The van der Waals surface area contributed by atoms with E-state index >= 15 is 0 Å². The third-order valence-corrected chi connectivity index (χ3v) is 6.67. The van der Waals surface area contributed by atoms with Gasteiger partial charge in [0.2, 0.25) is 15.8 Å². The molecule has 1 aromatic carbocycles. The van der Waals surface area contributed by atoms with Gasteiger partial charge in [-0.25, -0.2) is 35.1 Å². The van der Waals surface area contributed by atoms with E-state index in [1.807, 2.05) is 0 Å². The first-order valence-electron chi connectivity index (χ1n) is 6.92. The summed E-state index contributed by atoms with van der Waals surface area (Å²) >= 11 is 4.24. The summed E-state index contributed by atoms with van der Waals surface area (Å²) in [7, 11) is -5.16. The van der Waals surface area contributed by atoms with Gasteiger partial charge in [-0.1, -0.05) is 0 Å². The van der Waals surface area contributed by atoms with Crippen molar-refractivity contribution in [1.82, 2.24) is 4.72 Å². The number of hydrogen-bond donors (Lipinski definition) is 2. The summed E-state index contributed by atoms with van der Waals surface area (Å²) < 4.78 is 93.5. The topological polar surface area (TPSA) is 83.5 Å². The van der Waals surface area contributed by atoms with Crippen LogP contribution in [0.3, 0.4) is 0 Å². The summed E-state index contributed by atoms with van der Waals surface area (Å²) in [5.74, 6) is -14.5. The van der Waals surface area contributed by atoms with E-state index in [2.05, 4.69) is 15.9 Å². The molecule has 148 valence electrons. The Bertz CT molecular complexity index is 967. The maximum Gasteiger partial charge on any atom is 0.304 e. The second-order valence-corrected chi connectivity index (χ2v) is 8.78. The number of nitrogens with one attached hydrogen (secondary N) is 1. The third-order valence-electron chi connectivity index (χ3n) is 3.37. The minimum atomic E-state index is -5.16. The zero-order valence-corrected chi connectivity index (χ0v) is 16.1. The van der Waals surface area contributed by atoms with Gasteiger partial charge in [0, 0.05) is 27.2 Å². The quantitative estimate of drug-likeness (QED) is 0.349. The number of thiophene rings is 1. The van der Waals surface area contributed by atoms with E-state index in [-0.39, 0.29) is 0 Å². The summed E-state index contributed by atoms with van der Waals surface area (Å²) in [5.41, 5.74) is 0. The fourth-order valence-corrected chi connectivity index (χ4v) is 4.90. The molecule has 0 bridgehead atoms. The largest absolute Gasteiger partial charge is 0.481 e. The van der Waals surface area contributed by atoms with Gasteiger partial charge in [-0.2, -0.15) is 0 Å². The summed E-state index contributed by atoms with van der Waals surface area (Å²) in [6.45, 7) is -0.638. The molecular formula is C14H9BrF5NO4S2. The molecule has 13 heteroatoms. The van der Waals surface area contributed by atoms with Crippen LogP contribution >= 0.6 is 27.3 Å². The third kappa shape index (κ3) is 4.65. The first-order chi connectivity index (χ1) is 12.5. The Morgan fingerprint density at radius 1 is 1.11 bits per heavy atom. The lowest BCUT2D eigenvalue weighted by Crippen LogP contribution is -2.31. The number of benzene rings is 1. The summed E-state index contributed by atoms with van der Waals surface area (Å²) in [5, 5.41) is 10.5. The van der Waals surface area contributed by atoms with Gasteiger partial charge in [0.25, 0.3) is 0 Å². The van der Waals surface area contributed by atoms with Gasteiger partial charge in [0.05, 0.1) is 6.42 Å². The molecule has 0 spiro atoms. The molecule has 0 fully saturated rings. The molecule has 1 aromatic heterocycles. The molecule has 0 amide bonds. The molecule has 2 N–H and O–H groups in total.